The van der Waals surface area contributed by atoms with Crippen LogP contribution in [0.1, 0.15) is 5.56 Å². The van der Waals surface area contributed by atoms with Crippen LogP contribution in [-0.4, -0.2) is 19.3 Å². The van der Waals surface area contributed by atoms with E-state index >= 15 is 0 Å². The molecule has 16 heavy (non-hydrogen) atoms. The van der Waals surface area contributed by atoms with Crippen molar-refractivity contribution in [3.05, 3.63) is 28.8 Å². The number of rotatable bonds is 5. The zero-order valence-corrected chi connectivity index (χ0v) is 11.3. The van der Waals surface area contributed by atoms with E-state index in [1.54, 1.807) is 18.2 Å². The molecule has 0 saturated carbocycles. The van der Waals surface area contributed by atoms with E-state index in [1.807, 2.05) is 0 Å². The summed E-state index contributed by atoms with van der Waals surface area (Å²) in [4.78, 5) is 0. The van der Waals surface area contributed by atoms with Gasteiger partial charge in [0.15, 0.2) is 0 Å². The summed E-state index contributed by atoms with van der Waals surface area (Å²) >= 11 is 11.0. The van der Waals surface area contributed by atoms with Crippen LogP contribution in [0.3, 0.4) is 0 Å². The number of hydrogen-bond donors (Lipinski definition) is 1. The number of hydrogen-bond acceptors (Lipinski definition) is 5. The minimum atomic E-state index is -2.77. The van der Waals surface area contributed by atoms with E-state index in [9.17, 15) is 0 Å². The largest absolute Gasteiger partial charge is 0.423 e. The van der Waals surface area contributed by atoms with Gasteiger partial charge in [-0.2, -0.15) is 0 Å². The van der Waals surface area contributed by atoms with Crippen LogP contribution in [0, 0.1) is 0 Å². The van der Waals surface area contributed by atoms with Crippen molar-refractivity contribution in [3.63, 3.8) is 0 Å². The van der Waals surface area contributed by atoms with Gasteiger partial charge >= 0.3 is 6.72 Å². The summed E-state index contributed by atoms with van der Waals surface area (Å²) in [7, 11) is 2.83. The molecule has 90 valence electrons. The highest BCUT2D eigenvalue weighted by Gasteiger charge is 2.19. The monoisotopic (exact) mass is 282 g/mol. The van der Waals surface area contributed by atoms with Gasteiger partial charge in [0.25, 0.3) is 0 Å². The van der Waals surface area contributed by atoms with Crippen molar-refractivity contribution in [2.45, 2.75) is 6.61 Å². The Bertz CT molecular complexity index is 404. The third kappa shape index (κ3) is 3.42. The standard InChI is InChI=1S/C9H12ClO4PS/c1-12-15(16,13-2)14-9-4-3-7(6-11)5-8(9)10/h3-5,11H,6H2,1-2H3. The molecule has 0 radical (unpaired) electrons. The Morgan fingerprint density at radius 3 is 2.44 bits per heavy atom. The number of aliphatic hydroxyl groups excluding tert-OH is 1. The molecule has 0 amide bonds. The van der Waals surface area contributed by atoms with Crippen molar-refractivity contribution < 1.29 is 18.7 Å². The minimum absolute atomic E-state index is 0.0806. The maximum atomic E-state index is 8.92. The van der Waals surface area contributed by atoms with E-state index in [0.29, 0.717) is 16.3 Å². The van der Waals surface area contributed by atoms with Gasteiger partial charge in [-0.05, 0) is 17.7 Å². The molecule has 0 unspecified atom stereocenters. The van der Waals surface area contributed by atoms with E-state index in [4.69, 9.17) is 42.1 Å². The maximum absolute atomic E-state index is 8.92. The van der Waals surface area contributed by atoms with Crippen molar-refractivity contribution >= 4 is 30.1 Å². The van der Waals surface area contributed by atoms with Crippen LogP contribution in [0.15, 0.2) is 18.2 Å². The molecule has 1 aromatic rings. The quantitative estimate of drug-likeness (QED) is 0.842. The second-order valence-electron chi connectivity index (χ2n) is 2.83. The molecule has 0 bridgehead atoms. The first-order chi connectivity index (χ1) is 7.54. The molecule has 1 rings (SSSR count). The topological polar surface area (TPSA) is 47.9 Å². The summed E-state index contributed by atoms with van der Waals surface area (Å²) in [6.45, 7) is -2.85. The van der Waals surface area contributed by atoms with Crippen LogP contribution < -0.4 is 4.52 Å². The minimum Gasteiger partial charge on any atom is -0.423 e. The smallest absolute Gasteiger partial charge is 0.380 e. The van der Waals surface area contributed by atoms with Gasteiger partial charge in [0.1, 0.15) is 5.75 Å². The van der Waals surface area contributed by atoms with Gasteiger partial charge in [0, 0.05) is 26.0 Å². The molecule has 0 saturated heterocycles. The highest BCUT2D eigenvalue weighted by atomic mass is 35.5. The third-order valence-electron chi connectivity index (χ3n) is 1.84. The lowest BCUT2D eigenvalue weighted by molar-refractivity contribution is 0.272. The van der Waals surface area contributed by atoms with Crippen molar-refractivity contribution in [1.29, 1.82) is 0 Å². The van der Waals surface area contributed by atoms with E-state index in [1.165, 1.54) is 14.2 Å². The third-order valence-corrected chi connectivity index (χ3v) is 4.56. The van der Waals surface area contributed by atoms with Gasteiger partial charge in [-0.25, -0.2) is 0 Å². The van der Waals surface area contributed by atoms with E-state index in [2.05, 4.69) is 0 Å². The molecule has 0 spiro atoms. The van der Waals surface area contributed by atoms with Gasteiger partial charge in [-0.15, -0.1) is 0 Å². The first-order valence-corrected chi connectivity index (χ1v) is 7.28. The van der Waals surface area contributed by atoms with Gasteiger partial charge in [0.05, 0.1) is 11.6 Å². The number of halogens is 1. The number of benzene rings is 1. The molecule has 0 fully saturated rings. The molecule has 1 N–H and O–H groups in total. The van der Waals surface area contributed by atoms with Crippen molar-refractivity contribution in [1.82, 2.24) is 0 Å². The molecule has 1 aromatic carbocycles. The molecule has 0 aliphatic carbocycles. The molecule has 0 aliphatic heterocycles. The van der Waals surface area contributed by atoms with Crippen LogP contribution in [0.4, 0.5) is 0 Å². The van der Waals surface area contributed by atoms with Crippen molar-refractivity contribution in [2.75, 3.05) is 14.2 Å². The van der Waals surface area contributed by atoms with E-state index in [-0.39, 0.29) is 6.61 Å². The van der Waals surface area contributed by atoms with Crippen molar-refractivity contribution in [3.8, 4) is 5.75 Å². The Labute approximate surface area is 104 Å². The Kier molecular flexibility index (Phi) is 5.18. The Hall–Kier alpha value is -0.160. The zero-order valence-electron chi connectivity index (χ0n) is 8.84. The summed E-state index contributed by atoms with van der Waals surface area (Å²) < 4.78 is 15.4. The number of aliphatic hydroxyl groups is 1. The summed E-state index contributed by atoms with van der Waals surface area (Å²) in [5.74, 6) is 0.380. The van der Waals surface area contributed by atoms with Gasteiger partial charge in [-0.3, -0.25) is 0 Å². The van der Waals surface area contributed by atoms with Gasteiger partial charge < -0.3 is 18.7 Å². The molecule has 4 nitrogen and oxygen atoms in total. The molecule has 0 aliphatic rings. The second-order valence-corrected chi connectivity index (χ2v) is 6.38. The summed E-state index contributed by atoms with van der Waals surface area (Å²) in [6.07, 6.45) is 0. The average Bonchev–Trinajstić information content (AvgIpc) is 2.31. The fourth-order valence-electron chi connectivity index (χ4n) is 0.986. The molecular weight excluding hydrogens is 271 g/mol. The Morgan fingerprint density at radius 1 is 1.38 bits per heavy atom. The van der Waals surface area contributed by atoms with Crippen LogP contribution in [0.25, 0.3) is 0 Å². The average molecular weight is 283 g/mol. The summed E-state index contributed by atoms with van der Waals surface area (Å²) in [5.41, 5.74) is 0.695. The van der Waals surface area contributed by atoms with Crippen LogP contribution >= 0.6 is 18.3 Å². The molecule has 0 aromatic heterocycles. The van der Waals surface area contributed by atoms with Crippen LogP contribution in [0.5, 0.6) is 5.75 Å². The fraction of sp³-hybridized carbons (Fsp3) is 0.333. The molecule has 7 heteroatoms. The van der Waals surface area contributed by atoms with E-state index in [0.717, 1.165) is 0 Å². The highest BCUT2D eigenvalue weighted by Crippen LogP contribution is 2.49. The van der Waals surface area contributed by atoms with Crippen molar-refractivity contribution in [2.24, 2.45) is 0 Å². The van der Waals surface area contributed by atoms with Crippen LogP contribution in [-0.2, 0) is 27.5 Å². The highest BCUT2D eigenvalue weighted by molar-refractivity contribution is 8.07. The first-order valence-electron chi connectivity index (χ1n) is 4.35. The lowest BCUT2D eigenvalue weighted by Gasteiger charge is -2.19. The van der Waals surface area contributed by atoms with E-state index < -0.39 is 6.72 Å². The molecular formula is C9H12ClO4PS. The second kappa shape index (κ2) is 5.96. The molecule has 0 heterocycles. The van der Waals surface area contributed by atoms with Crippen LogP contribution in [0.2, 0.25) is 5.02 Å². The predicted molar refractivity (Wildman–Crippen MR) is 66.3 cm³/mol. The maximum Gasteiger partial charge on any atom is 0.380 e. The summed E-state index contributed by atoms with van der Waals surface area (Å²) in [5, 5.41) is 9.27. The Balaban J connectivity index is 2.94. The lowest BCUT2D eigenvalue weighted by atomic mass is 10.2. The molecule has 0 atom stereocenters. The summed E-state index contributed by atoms with van der Waals surface area (Å²) in [6, 6.07) is 4.90. The van der Waals surface area contributed by atoms with Gasteiger partial charge in [-0.1, -0.05) is 17.7 Å². The fourth-order valence-corrected chi connectivity index (χ4v) is 2.22. The Morgan fingerprint density at radius 2 is 2.00 bits per heavy atom. The lowest BCUT2D eigenvalue weighted by Crippen LogP contribution is -1.97. The SMILES string of the molecule is COP(=S)(OC)Oc1ccc(CO)cc1Cl. The van der Waals surface area contributed by atoms with Gasteiger partial charge in [0.2, 0.25) is 0 Å². The predicted octanol–water partition coefficient (Wildman–Crippen LogP) is 2.73. The zero-order chi connectivity index (χ0) is 12.2. The first kappa shape index (κ1) is 13.9. The normalized spacial score (nSPS) is 11.5.